The molecular weight excluding hydrogens is 394 g/mol. The lowest BCUT2D eigenvalue weighted by atomic mass is 10.1. The lowest BCUT2D eigenvalue weighted by molar-refractivity contribution is -0.119. The van der Waals surface area contributed by atoms with Crippen molar-refractivity contribution in [2.45, 2.75) is 33.1 Å². The number of benzene rings is 3. The maximum Gasteiger partial charge on any atom is 0.226 e. The van der Waals surface area contributed by atoms with Crippen LogP contribution in [-0.4, -0.2) is 26.0 Å². The topological polar surface area (TPSA) is 71.8 Å². The van der Waals surface area contributed by atoms with Gasteiger partial charge < -0.3 is 10.6 Å². The number of aromatic nitrogens is 3. The molecule has 0 saturated heterocycles. The first-order valence-electron chi connectivity index (χ1n) is 10.0. The van der Waals surface area contributed by atoms with Crippen molar-refractivity contribution in [3.8, 4) is 5.69 Å². The summed E-state index contributed by atoms with van der Waals surface area (Å²) in [5.41, 5.74) is 4.24. The molecule has 0 radical (unpaired) electrons. The summed E-state index contributed by atoms with van der Waals surface area (Å²) in [5, 5.41) is 17.7. The molecule has 0 aliphatic heterocycles. The summed E-state index contributed by atoms with van der Waals surface area (Å²) < 4.78 is 0. The van der Waals surface area contributed by atoms with E-state index < -0.39 is 0 Å². The van der Waals surface area contributed by atoms with E-state index >= 15 is 0 Å². The molecule has 2 N–H and O–H groups in total. The van der Waals surface area contributed by atoms with Crippen LogP contribution in [0.3, 0.4) is 0 Å². The number of nitrogens with zero attached hydrogens (tertiary/aromatic N) is 3. The predicted octanol–water partition coefficient (Wildman–Crippen LogP) is 4.89. The normalized spacial score (nSPS) is 11.0. The molecule has 4 rings (SSSR count). The van der Waals surface area contributed by atoms with Crippen LogP contribution in [0.2, 0.25) is 0 Å². The van der Waals surface area contributed by atoms with E-state index in [4.69, 9.17) is 12.2 Å². The molecule has 0 saturated carbocycles. The highest BCUT2D eigenvalue weighted by Crippen LogP contribution is 2.25. The Morgan fingerprint density at radius 3 is 2.60 bits per heavy atom. The fraction of sp³-hybridized carbons (Fsp3) is 0.217. The molecule has 0 atom stereocenters. The zero-order chi connectivity index (χ0) is 21.1. The largest absolute Gasteiger partial charge is 0.332 e. The monoisotopic (exact) mass is 417 g/mol. The standard InChI is InChI=1S/C23H23N5OS/c1-3-4-12-22(29)25-23(30)24-18-14-20-19(13-15(18)2)26-28(27-20)21-11-7-9-16-8-5-6-10-17(16)21/h5-11,13-14H,3-4,12H2,1-2H3,(H2,24,25,29,30). The molecule has 7 heteroatoms. The molecule has 3 aromatic carbocycles. The van der Waals surface area contributed by atoms with Crippen molar-refractivity contribution in [3.63, 3.8) is 0 Å². The Balaban J connectivity index is 1.62. The lowest BCUT2D eigenvalue weighted by Gasteiger charge is -2.11. The highest BCUT2D eigenvalue weighted by molar-refractivity contribution is 7.80. The number of hydrogen-bond acceptors (Lipinski definition) is 4. The van der Waals surface area contributed by atoms with Crippen molar-refractivity contribution in [1.82, 2.24) is 20.3 Å². The maximum atomic E-state index is 11.9. The van der Waals surface area contributed by atoms with Gasteiger partial charge in [-0.05, 0) is 54.7 Å². The van der Waals surface area contributed by atoms with Gasteiger partial charge in [-0.2, -0.15) is 0 Å². The molecular formula is C23H23N5OS. The number of carbonyl (C=O) groups is 1. The number of anilines is 1. The van der Waals surface area contributed by atoms with Gasteiger partial charge in [0.25, 0.3) is 0 Å². The third kappa shape index (κ3) is 4.16. The van der Waals surface area contributed by atoms with Crippen molar-refractivity contribution in [2.75, 3.05) is 5.32 Å². The first-order chi connectivity index (χ1) is 14.5. The van der Waals surface area contributed by atoms with Gasteiger partial charge in [-0.15, -0.1) is 15.0 Å². The molecule has 0 spiro atoms. The third-order valence-electron chi connectivity index (χ3n) is 4.97. The number of nitrogens with one attached hydrogen (secondary N) is 2. The summed E-state index contributed by atoms with van der Waals surface area (Å²) in [6, 6.07) is 18.1. The molecule has 0 aliphatic rings. The molecule has 0 unspecified atom stereocenters. The van der Waals surface area contributed by atoms with Crippen molar-refractivity contribution in [2.24, 2.45) is 0 Å². The summed E-state index contributed by atoms with van der Waals surface area (Å²) in [6.07, 6.45) is 2.28. The quantitative estimate of drug-likeness (QED) is 0.453. The number of amides is 1. The van der Waals surface area contributed by atoms with Gasteiger partial charge in [0.1, 0.15) is 11.0 Å². The zero-order valence-electron chi connectivity index (χ0n) is 17.0. The van der Waals surface area contributed by atoms with Crippen LogP contribution in [0.5, 0.6) is 0 Å². The van der Waals surface area contributed by atoms with Gasteiger partial charge in [-0.25, -0.2) is 0 Å². The molecule has 0 fully saturated rings. The van der Waals surface area contributed by atoms with Crippen LogP contribution < -0.4 is 10.6 Å². The summed E-state index contributed by atoms with van der Waals surface area (Å²) in [4.78, 5) is 13.6. The molecule has 0 aliphatic carbocycles. The van der Waals surface area contributed by atoms with E-state index in [2.05, 4.69) is 39.0 Å². The predicted molar refractivity (Wildman–Crippen MR) is 125 cm³/mol. The Morgan fingerprint density at radius 1 is 1.07 bits per heavy atom. The van der Waals surface area contributed by atoms with Crippen LogP contribution in [0.15, 0.2) is 54.6 Å². The van der Waals surface area contributed by atoms with Crippen molar-refractivity contribution >= 4 is 50.7 Å². The Bertz CT molecular complexity index is 1240. The SMILES string of the molecule is CCCCC(=O)NC(=S)Nc1cc2nn(-c3cccc4ccccc34)nc2cc1C. The van der Waals surface area contributed by atoms with Crippen LogP contribution in [0.25, 0.3) is 27.5 Å². The number of thiocarbonyl (C=S) groups is 1. The van der Waals surface area contributed by atoms with Crippen LogP contribution in [0, 0.1) is 6.92 Å². The Morgan fingerprint density at radius 2 is 1.80 bits per heavy atom. The summed E-state index contributed by atoms with van der Waals surface area (Å²) in [6.45, 7) is 4.02. The molecule has 1 aromatic heterocycles. The van der Waals surface area contributed by atoms with E-state index in [1.54, 1.807) is 4.80 Å². The van der Waals surface area contributed by atoms with Gasteiger partial charge in [0.15, 0.2) is 5.11 Å². The minimum absolute atomic E-state index is 0.0741. The van der Waals surface area contributed by atoms with Gasteiger partial charge in [0.05, 0.1) is 5.69 Å². The maximum absolute atomic E-state index is 11.9. The fourth-order valence-corrected chi connectivity index (χ4v) is 3.60. The molecule has 152 valence electrons. The minimum Gasteiger partial charge on any atom is -0.332 e. The van der Waals surface area contributed by atoms with E-state index in [1.165, 1.54) is 0 Å². The third-order valence-corrected chi connectivity index (χ3v) is 5.17. The number of rotatable bonds is 5. The zero-order valence-corrected chi connectivity index (χ0v) is 17.8. The van der Waals surface area contributed by atoms with Gasteiger partial charge in [0.2, 0.25) is 5.91 Å². The summed E-state index contributed by atoms with van der Waals surface area (Å²) in [7, 11) is 0. The fourth-order valence-electron chi connectivity index (χ4n) is 3.37. The van der Waals surface area contributed by atoms with E-state index in [-0.39, 0.29) is 5.91 Å². The van der Waals surface area contributed by atoms with Gasteiger partial charge in [-0.1, -0.05) is 49.7 Å². The lowest BCUT2D eigenvalue weighted by Crippen LogP contribution is -2.34. The van der Waals surface area contributed by atoms with Gasteiger partial charge >= 0.3 is 0 Å². The molecule has 4 aromatic rings. The molecule has 1 amide bonds. The van der Waals surface area contributed by atoms with E-state index in [0.29, 0.717) is 11.5 Å². The van der Waals surface area contributed by atoms with Crippen LogP contribution in [0.4, 0.5) is 5.69 Å². The van der Waals surface area contributed by atoms with Crippen molar-refractivity contribution < 1.29 is 4.79 Å². The van der Waals surface area contributed by atoms with Gasteiger partial charge in [-0.3, -0.25) is 4.79 Å². The van der Waals surface area contributed by atoms with E-state index in [9.17, 15) is 4.79 Å². The molecule has 1 heterocycles. The van der Waals surface area contributed by atoms with Crippen LogP contribution in [-0.2, 0) is 4.79 Å². The number of fused-ring (bicyclic) bond motifs is 2. The molecule has 0 bridgehead atoms. The first kappa shape index (κ1) is 20.0. The van der Waals surface area contributed by atoms with Crippen LogP contribution in [0.1, 0.15) is 31.7 Å². The molecule has 6 nitrogen and oxygen atoms in total. The number of unbranched alkanes of at least 4 members (excludes halogenated alkanes) is 1. The van der Waals surface area contributed by atoms with Crippen molar-refractivity contribution in [1.29, 1.82) is 0 Å². The second kappa shape index (κ2) is 8.59. The Labute approximate surface area is 180 Å². The number of aryl methyl sites for hydroxylation is 1. The Kier molecular flexibility index (Phi) is 5.72. The number of carbonyl (C=O) groups excluding carboxylic acids is 1. The molecule has 30 heavy (non-hydrogen) atoms. The summed E-state index contributed by atoms with van der Waals surface area (Å²) in [5.74, 6) is -0.0741. The van der Waals surface area contributed by atoms with Crippen LogP contribution >= 0.6 is 12.2 Å². The minimum atomic E-state index is -0.0741. The average molecular weight is 418 g/mol. The van der Waals surface area contributed by atoms with E-state index in [1.807, 2.05) is 50.2 Å². The second-order valence-electron chi connectivity index (χ2n) is 7.25. The average Bonchev–Trinajstić information content (AvgIpc) is 3.14. The Hall–Kier alpha value is -3.32. The number of hydrogen-bond donors (Lipinski definition) is 2. The smallest absolute Gasteiger partial charge is 0.226 e. The van der Waals surface area contributed by atoms with Gasteiger partial charge in [0, 0.05) is 17.5 Å². The summed E-state index contributed by atoms with van der Waals surface area (Å²) >= 11 is 5.30. The first-order valence-corrected chi connectivity index (χ1v) is 10.4. The van der Waals surface area contributed by atoms with E-state index in [0.717, 1.165) is 51.6 Å². The second-order valence-corrected chi connectivity index (χ2v) is 7.66. The highest BCUT2D eigenvalue weighted by Gasteiger charge is 2.12. The van der Waals surface area contributed by atoms with Crippen molar-refractivity contribution in [3.05, 3.63) is 60.2 Å². The highest BCUT2D eigenvalue weighted by atomic mass is 32.1.